The lowest BCUT2D eigenvalue weighted by Gasteiger charge is -2.27. The molecule has 3 aromatic rings. The molecule has 3 heterocycles. The second kappa shape index (κ2) is 6.60. The van der Waals surface area contributed by atoms with Crippen LogP contribution in [0.15, 0.2) is 50.5 Å². The largest absolute Gasteiger partial charge is 0.464 e. The van der Waals surface area contributed by atoms with Gasteiger partial charge in [-0.3, -0.25) is 0 Å². The van der Waals surface area contributed by atoms with E-state index in [1.54, 1.807) is 6.26 Å². The van der Waals surface area contributed by atoms with Crippen molar-refractivity contribution in [3.05, 3.63) is 47.9 Å². The maximum atomic E-state index is 6.05. The van der Waals surface area contributed by atoms with E-state index < -0.39 is 0 Å². The number of nitrogens with two attached hydrogens (primary N) is 1. The fourth-order valence-electron chi connectivity index (χ4n) is 2.92. The molecule has 130 valence electrons. The lowest BCUT2D eigenvalue weighted by molar-refractivity contribution is 0.0675. The standard InChI is InChI=1S/C18H20N4O3/c1-12(14-3-2-13-4-7-24-16(13)10-14)15-11-17(25-21-15)20-18(19)22-5-8-23-9-6-22/h2-4,7,10-12H,5-6,8-9H2,1H3,(H2,19,20). The van der Waals surface area contributed by atoms with Gasteiger partial charge in [-0.05, 0) is 17.7 Å². The van der Waals surface area contributed by atoms with Crippen LogP contribution < -0.4 is 5.73 Å². The number of rotatable bonds is 3. The van der Waals surface area contributed by atoms with Gasteiger partial charge >= 0.3 is 0 Å². The Morgan fingerprint density at radius 2 is 2.08 bits per heavy atom. The van der Waals surface area contributed by atoms with Crippen LogP contribution in [0, 0.1) is 0 Å². The average molecular weight is 340 g/mol. The fourth-order valence-corrected chi connectivity index (χ4v) is 2.92. The molecule has 1 fully saturated rings. The third kappa shape index (κ3) is 3.23. The number of morpholine rings is 1. The topological polar surface area (TPSA) is 90.0 Å². The molecule has 1 aliphatic rings. The van der Waals surface area contributed by atoms with Crippen LogP contribution in [0.1, 0.15) is 24.1 Å². The van der Waals surface area contributed by atoms with Crippen molar-refractivity contribution in [3.63, 3.8) is 0 Å². The Morgan fingerprint density at radius 1 is 1.24 bits per heavy atom. The van der Waals surface area contributed by atoms with E-state index in [-0.39, 0.29) is 5.92 Å². The molecule has 25 heavy (non-hydrogen) atoms. The van der Waals surface area contributed by atoms with Crippen molar-refractivity contribution >= 4 is 22.8 Å². The predicted molar refractivity (Wildman–Crippen MR) is 93.9 cm³/mol. The van der Waals surface area contributed by atoms with Gasteiger partial charge < -0.3 is 24.3 Å². The first-order valence-electron chi connectivity index (χ1n) is 8.31. The maximum absolute atomic E-state index is 6.05. The molecule has 0 saturated carbocycles. The second-order valence-electron chi connectivity index (χ2n) is 6.10. The van der Waals surface area contributed by atoms with Gasteiger partial charge in [0.05, 0.1) is 25.2 Å². The number of aromatic nitrogens is 1. The molecule has 1 saturated heterocycles. The fraction of sp³-hybridized carbons (Fsp3) is 0.333. The first kappa shape index (κ1) is 15.7. The number of aliphatic imine (C=N–C) groups is 1. The first-order chi connectivity index (χ1) is 12.2. The summed E-state index contributed by atoms with van der Waals surface area (Å²) >= 11 is 0. The third-order valence-electron chi connectivity index (χ3n) is 4.50. The normalized spacial score (nSPS) is 17.2. The van der Waals surface area contributed by atoms with Crippen LogP contribution in [0.25, 0.3) is 11.0 Å². The Kier molecular flexibility index (Phi) is 4.15. The zero-order valence-electron chi connectivity index (χ0n) is 14.0. The van der Waals surface area contributed by atoms with Gasteiger partial charge in [-0.15, -0.1) is 0 Å². The minimum absolute atomic E-state index is 0.0619. The van der Waals surface area contributed by atoms with Gasteiger partial charge in [0.2, 0.25) is 0 Å². The number of fused-ring (bicyclic) bond motifs is 1. The van der Waals surface area contributed by atoms with Gasteiger partial charge in [-0.2, -0.15) is 4.99 Å². The number of nitrogens with zero attached hydrogens (tertiary/aromatic N) is 3. The molecule has 7 heteroatoms. The van der Waals surface area contributed by atoms with Crippen LogP contribution in [-0.2, 0) is 4.74 Å². The van der Waals surface area contributed by atoms with Crippen molar-refractivity contribution in [1.82, 2.24) is 10.1 Å². The predicted octanol–water partition coefficient (Wildman–Crippen LogP) is 2.85. The number of ether oxygens (including phenoxy) is 1. The van der Waals surface area contributed by atoms with Crippen molar-refractivity contribution in [2.45, 2.75) is 12.8 Å². The van der Waals surface area contributed by atoms with Crippen molar-refractivity contribution < 1.29 is 13.7 Å². The molecule has 1 aromatic carbocycles. The van der Waals surface area contributed by atoms with E-state index in [1.807, 2.05) is 29.2 Å². The molecule has 1 aliphatic heterocycles. The van der Waals surface area contributed by atoms with Crippen LogP contribution in [0.3, 0.4) is 0 Å². The Hall–Kier alpha value is -2.80. The summed E-state index contributed by atoms with van der Waals surface area (Å²) in [5, 5.41) is 5.23. The average Bonchev–Trinajstić information content (AvgIpc) is 3.30. The molecule has 0 amide bonds. The van der Waals surface area contributed by atoms with Crippen molar-refractivity contribution in [2.24, 2.45) is 10.7 Å². The first-order valence-corrected chi connectivity index (χ1v) is 8.31. The summed E-state index contributed by atoms with van der Waals surface area (Å²) in [7, 11) is 0. The van der Waals surface area contributed by atoms with E-state index >= 15 is 0 Å². The van der Waals surface area contributed by atoms with Crippen LogP contribution in [0.5, 0.6) is 0 Å². The number of furan rings is 1. The summed E-state index contributed by atoms with van der Waals surface area (Å²) in [5.41, 5.74) is 8.82. The van der Waals surface area contributed by atoms with Crippen LogP contribution in [0.4, 0.5) is 5.88 Å². The van der Waals surface area contributed by atoms with Crippen molar-refractivity contribution in [2.75, 3.05) is 26.3 Å². The quantitative estimate of drug-likeness (QED) is 0.582. The molecule has 1 atom stereocenters. The van der Waals surface area contributed by atoms with Crippen LogP contribution >= 0.6 is 0 Å². The molecule has 0 spiro atoms. The maximum Gasteiger partial charge on any atom is 0.253 e. The molecule has 7 nitrogen and oxygen atoms in total. The van der Waals surface area contributed by atoms with E-state index in [1.165, 1.54) is 0 Å². The molecule has 2 N–H and O–H groups in total. The van der Waals surface area contributed by atoms with E-state index in [9.17, 15) is 0 Å². The molecule has 4 rings (SSSR count). The Balaban J connectivity index is 1.53. The van der Waals surface area contributed by atoms with E-state index in [0.717, 1.165) is 35.3 Å². The van der Waals surface area contributed by atoms with Gasteiger partial charge in [0.25, 0.3) is 5.88 Å². The molecule has 0 aliphatic carbocycles. The second-order valence-corrected chi connectivity index (χ2v) is 6.10. The van der Waals surface area contributed by atoms with Crippen molar-refractivity contribution in [3.8, 4) is 0 Å². The molecular weight excluding hydrogens is 320 g/mol. The summed E-state index contributed by atoms with van der Waals surface area (Å²) in [6, 6.07) is 9.91. The Bertz CT molecular complexity index is 893. The lowest BCUT2D eigenvalue weighted by Crippen LogP contribution is -2.44. The van der Waals surface area contributed by atoms with E-state index in [4.69, 9.17) is 19.4 Å². The van der Waals surface area contributed by atoms with E-state index in [2.05, 4.69) is 23.1 Å². The number of hydrogen-bond donors (Lipinski definition) is 1. The van der Waals surface area contributed by atoms with Gasteiger partial charge in [0.1, 0.15) is 5.58 Å². The highest BCUT2D eigenvalue weighted by molar-refractivity contribution is 5.80. The summed E-state index contributed by atoms with van der Waals surface area (Å²) in [6.07, 6.45) is 1.69. The molecular formula is C18H20N4O3. The van der Waals surface area contributed by atoms with Crippen LogP contribution in [0.2, 0.25) is 0 Å². The van der Waals surface area contributed by atoms with Crippen molar-refractivity contribution in [1.29, 1.82) is 0 Å². The minimum atomic E-state index is 0.0619. The highest BCUT2D eigenvalue weighted by atomic mass is 16.5. The highest BCUT2D eigenvalue weighted by Gasteiger charge is 2.17. The highest BCUT2D eigenvalue weighted by Crippen LogP contribution is 2.29. The minimum Gasteiger partial charge on any atom is -0.464 e. The van der Waals surface area contributed by atoms with Crippen LogP contribution in [-0.4, -0.2) is 42.3 Å². The summed E-state index contributed by atoms with van der Waals surface area (Å²) in [5.74, 6) is 0.896. The van der Waals surface area contributed by atoms with Gasteiger partial charge in [-0.25, -0.2) is 0 Å². The number of guanidine groups is 1. The molecule has 1 unspecified atom stereocenters. The Labute approximate surface area is 145 Å². The number of hydrogen-bond acceptors (Lipinski definition) is 5. The summed E-state index contributed by atoms with van der Waals surface area (Å²) in [4.78, 5) is 6.31. The molecule has 2 aromatic heterocycles. The Morgan fingerprint density at radius 3 is 2.92 bits per heavy atom. The summed E-state index contributed by atoms with van der Waals surface area (Å²) < 4.78 is 16.1. The monoisotopic (exact) mass is 340 g/mol. The molecule has 0 bridgehead atoms. The van der Waals surface area contributed by atoms with Gasteiger partial charge in [-0.1, -0.05) is 24.2 Å². The van der Waals surface area contributed by atoms with Gasteiger partial charge in [0, 0.05) is 30.5 Å². The summed E-state index contributed by atoms with van der Waals surface area (Å²) in [6.45, 7) is 4.85. The van der Waals surface area contributed by atoms with E-state index in [0.29, 0.717) is 25.1 Å². The number of benzene rings is 1. The smallest absolute Gasteiger partial charge is 0.253 e. The SMILES string of the molecule is CC(c1ccc2ccoc2c1)c1cc(N=C(N)N2CCOCC2)on1. The third-order valence-corrected chi connectivity index (χ3v) is 4.50. The zero-order chi connectivity index (χ0) is 17.2. The van der Waals surface area contributed by atoms with Gasteiger partial charge in [0.15, 0.2) is 5.96 Å². The lowest BCUT2D eigenvalue weighted by atomic mass is 9.97. The zero-order valence-corrected chi connectivity index (χ0v) is 14.0. The molecule has 0 radical (unpaired) electrons.